The Labute approximate surface area is 315 Å². The SMILES string of the molecule is c1ccc(-n2c3ccccc3c3cc(-c4ccc5c(c4)c4c6cccc7c6c(cc4n5-c4ccc5oc6ccccc6c5c4)-c4ccccc4-7)ccc32)cc1. The molecule has 3 heteroatoms. The normalized spacial score (nSPS) is 12.4. The number of aromatic nitrogens is 2. The van der Waals surface area contributed by atoms with Crippen molar-refractivity contribution in [1.29, 1.82) is 0 Å². The van der Waals surface area contributed by atoms with Crippen LogP contribution in [0.15, 0.2) is 186 Å². The molecule has 1 aliphatic carbocycles. The summed E-state index contributed by atoms with van der Waals surface area (Å²) in [5, 5.41) is 9.93. The molecule has 3 heterocycles. The van der Waals surface area contributed by atoms with Gasteiger partial charge in [0.05, 0.1) is 22.1 Å². The molecule has 3 aromatic heterocycles. The zero-order chi connectivity index (χ0) is 35.8. The molecule has 0 saturated carbocycles. The standard InChI is InChI=1S/C52H30N2O/c1-2-11-33(12-3-1)53-45-19-8-6-15-37(45)41-27-31(21-24-46(41)53)32-22-25-47-44(28-32)52-40-18-10-17-39-35-13-4-5-14-36(35)43(51(39)40)30-48(52)54(47)34-23-26-50-42(29-34)38-16-7-9-20-49(38)55-50/h1-30H. The number of fused-ring (bicyclic) bond motifs is 13. The molecular weight excluding hydrogens is 669 g/mol. The molecule has 0 atom stereocenters. The van der Waals surface area contributed by atoms with Gasteiger partial charge in [0, 0.05) is 43.7 Å². The number of furan rings is 1. The molecule has 0 radical (unpaired) electrons. The molecule has 0 amide bonds. The summed E-state index contributed by atoms with van der Waals surface area (Å²) in [5.74, 6) is 0. The van der Waals surface area contributed by atoms with Gasteiger partial charge < -0.3 is 13.6 Å². The van der Waals surface area contributed by atoms with Gasteiger partial charge in [0.1, 0.15) is 11.2 Å². The molecular formula is C52H30N2O. The fourth-order valence-corrected chi connectivity index (χ4v) is 9.70. The second kappa shape index (κ2) is 10.6. The summed E-state index contributed by atoms with van der Waals surface area (Å²) >= 11 is 0. The predicted octanol–water partition coefficient (Wildman–Crippen LogP) is 14.2. The second-order valence-corrected chi connectivity index (χ2v) is 14.9. The number of rotatable bonds is 3. The first-order chi connectivity index (χ1) is 27.3. The Bertz CT molecular complexity index is 3600. The van der Waals surface area contributed by atoms with E-state index in [0.717, 1.165) is 27.6 Å². The van der Waals surface area contributed by atoms with Gasteiger partial charge in [-0.15, -0.1) is 0 Å². The van der Waals surface area contributed by atoms with Crippen LogP contribution in [0.25, 0.3) is 121 Å². The minimum Gasteiger partial charge on any atom is -0.456 e. The number of hydrogen-bond acceptors (Lipinski definition) is 1. The Kier molecular flexibility index (Phi) is 5.63. The van der Waals surface area contributed by atoms with E-state index in [1.165, 1.54) is 93.5 Å². The van der Waals surface area contributed by atoms with Crippen LogP contribution >= 0.6 is 0 Å². The molecule has 0 fully saturated rings. The van der Waals surface area contributed by atoms with Crippen LogP contribution in [0.3, 0.4) is 0 Å². The molecule has 0 bridgehead atoms. The predicted molar refractivity (Wildman–Crippen MR) is 230 cm³/mol. The zero-order valence-corrected chi connectivity index (χ0v) is 29.6. The van der Waals surface area contributed by atoms with Crippen molar-refractivity contribution in [2.75, 3.05) is 0 Å². The number of para-hydroxylation sites is 3. The largest absolute Gasteiger partial charge is 0.456 e. The lowest BCUT2D eigenvalue weighted by molar-refractivity contribution is 0.669. The Hall–Kier alpha value is -7.36. The molecule has 9 aromatic carbocycles. The summed E-state index contributed by atoms with van der Waals surface area (Å²) in [6, 6.07) is 66.6. The van der Waals surface area contributed by atoms with E-state index < -0.39 is 0 Å². The van der Waals surface area contributed by atoms with Crippen molar-refractivity contribution in [3.63, 3.8) is 0 Å². The highest BCUT2D eigenvalue weighted by Gasteiger charge is 2.26. The maximum atomic E-state index is 6.28. The minimum atomic E-state index is 0.902. The summed E-state index contributed by atoms with van der Waals surface area (Å²) < 4.78 is 11.1. The summed E-state index contributed by atoms with van der Waals surface area (Å²) in [6.07, 6.45) is 0. The topological polar surface area (TPSA) is 23.0 Å². The summed E-state index contributed by atoms with van der Waals surface area (Å²) in [5.41, 5.74) is 16.5. The highest BCUT2D eigenvalue weighted by atomic mass is 16.3. The fraction of sp³-hybridized carbons (Fsp3) is 0. The zero-order valence-electron chi connectivity index (χ0n) is 29.6. The first kappa shape index (κ1) is 29.1. The number of hydrogen-bond donors (Lipinski definition) is 0. The molecule has 0 N–H and O–H groups in total. The average Bonchev–Trinajstić information content (AvgIpc) is 3.98. The highest BCUT2D eigenvalue weighted by Crippen LogP contribution is 2.51. The van der Waals surface area contributed by atoms with Gasteiger partial charge in [-0.2, -0.15) is 0 Å². The molecule has 0 aliphatic heterocycles. The van der Waals surface area contributed by atoms with Gasteiger partial charge in [-0.1, -0.05) is 109 Å². The Morgan fingerprint density at radius 1 is 0.291 bits per heavy atom. The van der Waals surface area contributed by atoms with Crippen LogP contribution in [0.4, 0.5) is 0 Å². The Morgan fingerprint density at radius 3 is 1.76 bits per heavy atom. The van der Waals surface area contributed by atoms with Gasteiger partial charge in [-0.25, -0.2) is 0 Å². The van der Waals surface area contributed by atoms with Gasteiger partial charge in [-0.3, -0.25) is 0 Å². The molecule has 3 nitrogen and oxygen atoms in total. The van der Waals surface area contributed by atoms with E-state index in [9.17, 15) is 0 Å². The highest BCUT2D eigenvalue weighted by molar-refractivity contribution is 6.29. The van der Waals surface area contributed by atoms with Crippen LogP contribution in [0, 0.1) is 0 Å². The van der Waals surface area contributed by atoms with Gasteiger partial charge in [0.15, 0.2) is 0 Å². The lowest BCUT2D eigenvalue weighted by Gasteiger charge is -2.10. The van der Waals surface area contributed by atoms with E-state index in [-0.39, 0.29) is 0 Å². The maximum Gasteiger partial charge on any atom is 0.135 e. The van der Waals surface area contributed by atoms with E-state index >= 15 is 0 Å². The molecule has 0 unspecified atom stereocenters. The van der Waals surface area contributed by atoms with Gasteiger partial charge in [0.25, 0.3) is 0 Å². The molecule has 254 valence electrons. The third-order valence-corrected chi connectivity index (χ3v) is 12.0. The fourth-order valence-electron chi connectivity index (χ4n) is 9.70. The smallest absolute Gasteiger partial charge is 0.135 e. The van der Waals surface area contributed by atoms with Crippen LogP contribution in [0.5, 0.6) is 0 Å². The lowest BCUT2D eigenvalue weighted by Crippen LogP contribution is -1.94. The van der Waals surface area contributed by atoms with Crippen LogP contribution in [-0.2, 0) is 0 Å². The number of nitrogens with zero attached hydrogens (tertiary/aromatic N) is 2. The third-order valence-electron chi connectivity index (χ3n) is 12.0. The summed E-state index contributed by atoms with van der Waals surface area (Å²) in [6.45, 7) is 0. The average molecular weight is 699 g/mol. The van der Waals surface area contributed by atoms with E-state index in [4.69, 9.17) is 4.42 Å². The van der Waals surface area contributed by atoms with Crippen molar-refractivity contribution in [3.05, 3.63) is 182 Å². The first-order valence-electron chi connectivity index (χ1n) is 18.9. The maximum absolute atomic E-state index is 6.28. The molecule has 13 rings (SSSR count). The van der Waals surface area contributed by atoms with E-state index in [2.05, 4.69) is 185 Å². The van der Waals surface area contributed by atoms with Crippen molar-refractivity contribution >= 4 is 76.3 Å². The van der Waals surface area contributed by atoms with Crippen LogP contribution < -0.4 is 0 Å². The molecule has 12 aromatic rings. The van der Waals surface area contributed by atoms with Gasteiger partial charge in [0.2, 0.25) is 0 Å². The summed E-state index contributed by atoms with van der Waals surface area (Å²) in [7, 11) is 0. The van der Waals surface area contributed by atoms with E-state index in [1.54, 1.807) is 0 Å². The van der Waals surface area contributed by atoms with Gasteiger partial charge >= 0.3 is 0 Å². The monoisotopic (exact) mass is 698 g/mol. The Balaban J connectivity index is 1.11. The number of benzene rings is 9. The molecule has 1 aliphatic rings. The van der Waals surface area contributed by atoms with Crippen molar-refractivity contribution in [1.82, 2.24) is 9.13 Å². The van der Waals surface area contributed by atoms with Crippen molar-refractivity contribution < 1.29 is 4.42 Å². The molecule has 55 heavy (non-hydrogen) atoms. The third kappa shape index (κ3) is 3.89. The van der Waals surface area contributed by atoms with Crippen molar-refractivity contribution in [3.8, 4) is 44.8 Å². The quantitative estimate of drug-likeness (QED) is 0.180. The van der Waals surface area contributed by atoms with Crippen LogP contribution in [0.2, 0.25) is 0 Å². The van der Waals surface area contributed by atoms with Crippen LogP contribution in [-0.4, -0.2) is 9.13 Å². The Morgan fingerprint density at radius 2 is 0.909 bits per heavy atom. The van der Waals surface area contributed by atoms with Gasteiger partial charge in [-0.05, 0) is 117 Å². The van der Waals surface area contributed by atoms with Crippen molar-refractivity contribution in [2.24, 2.45) is 0 Å². The minimum absolute atomic E-state index is 0.902. The van der Waals surface area contributed by atoms with E-state index in [0.29, 0.717) is 0 Å². The molecule has 0 saturated heterocycles. The lowest BCUT2D eigenvalue weighted by atomic mass is 9.96. The van der Waals surface area contributed by atoms with Crippen molar-refractivity contribution in [2.45, 2.75) is 0 Å². The molecule has 0 spiro atoms. The van der Waals surface area contributed by atoms with E-state index in [1.807, 2.05) is 6.07 Å². The van der Waals surface area contributed by atoms with Crippen LogP contribution in [0.1, 0.15) is 0 Å². The summed E-state index contributed by atoms with van der Waals surface area (Å²) in [4.78, 5) is 0. The second-order valence-electron chi connectivity index (χ2n) is 14.9. The first-order valence-corrected chi connectivity index (χ1v) is 18.9.